The highest BCUT2D eigenvalue weighted by Gasteiger charge is 2.33. The predicted molar refractivity (Wildman–Crippen MR) is 80.9 cm³/mol. The van der Waals surface area contributed by atoms with Crippen LogP contribution in [0.1, 0.15) is 44.6 Å². The fourth-order valence-electron chi connectivity index (χ4n) is 3.43. The van der Waals surface area contributed by atoms with Crippen molar-refractivity contribution in [2.75, 3.05) is 18.8 Å². The number of likely N-dealkylation sites (tertiary alicyclic amines) is 1. The van der Waals surface area contributed by atoms with E-state index in [-0.39, 0.29) is 23.0 Å². The summed E-state index contributed by atoms with van der Waals surface area (Å²) in [7, 11) is -3.31. The minimum Gasteiger partial charge on any atom is -0.340 e. The fraction of sp³-hybridized carbons (Fsp3) is 0.786. The summed E-state index contributed by atoms with van der Waals surface area (Å²) < 4.78 is 26.4. The Morgan fingerprint density at radius 2 is 1.95 bits per heavy atom. The first kappa shape index (κ1) is 15.5. The Labute approximate surface area is 130 Å². The highest BCUT2D eigenvalue weighted by Crippen LogP contribution is 2.26. The first-order valence-electron chi connectivity index (χ1n) is 7.90. The zero-order chi connectivity index (χ0) is 15.6. The van der Waals surface area contributed by atoms with Crippen LogP contribution in [0.2, 0.25) is 0 Å². The molecule has 0 N–H and O–H groups in total. The van der Waals surface area contributed by atoms with Crippen LogP contribution in [0.15, 0.2) is 12.7 Å². The monoisotopic (exact) mass is 326 g/mol. The molecule has 0 radical (unpaired) electrons. The van der Waals surface area contributed by atoms with Gasteiger partial charge in [-0.15, -0.1) is 0 Å². The van der Waals surface area contributed by atoms with Crippen LogP contribution in [0, 0.1) is 0 Å². The van der Waals surface area contributed by atoms with Crippen LogP contribution in [0.3, 0.4) is 0 Å². The summed E-state index contributed by atoms with van der Waals surface area (Å²) in [5.41, 5.74) is 0. The summed E-state index contributed by atoms with van der Waals surface area (Å²) in [5, 5.41) is 3.81. The maximum Gasteiger partial charge on any atom is 0.237 e. The number of nitrogens with zero attached hydrogens (tertiary/aromatic N) is 4. The zero-order valence-corrected chi connectivity index (χ0v) is 13.4. The second-order valence-corrected chi connectivity index (χ2v) is 8.51. The van der Waals surface area contributed by atoms with Gasteiger partial charge < -0.3 is 4.90 Å². The van der Waals surface area contributed by atoms with Crippen molar-refractivity contribution >= 4 is 15.7 Å². The van der Waals surface area contributed by atoms with E-state index in [1.165, 1.54) is 6.33 Å². The molecule has 1 aliphatic carbocycles. The van der Waals surface area contributed by atoms with E-state index in [0.717, 1.165) is 25.7 Å². The van der Waals surface area contributed by atoms with Crippen LogP contribution in [-0.4, -0.2) is 58.1 Å². The van der Waals surface area contributed by atoms with Gasteiger partial charge in [0.15, 0.2) is 9.84 Å². The molecule has 122 valence electrons. The molecule has 1 aliphatic heterocycles. The van der Waals surface area contributed by atoms with E-state index in [1.54, 1.807) is 15.9 Å². The van der Waals surface area contributed by atoms with Gasteiger partial charge in [0.05, 0.1) is 11.3 Å². The molecular formula is C14H22N4O3S. The molecule has 1 saturated carbocycles. The largest absolute Gasteiger partial charge is 0.340 e. The van der Waals surface area contributed by atoms with Crippen molar-refractivity contribution in [2.24, 2.45) is 0 Å². The van der Waals surface area contributed by atoms with Crippen molar-refractivity contribution in [1.82, 2.24) is 19.7 Å². The number of carbonyl (C=O) groups is 1. The molecule has 0 unspecified atom stereocenters. The molecule has 1 aromatic rings. The number of piperidine rings is 1. The van der Waals surface area contributed by atoms with Crippen LogP contribution in [-0.2, 0) is 14.6 Å². The van der Waals surface area contributed by atoms with E-state index in [9.17, 15) is 13.2 Å². The molecule has 22 heavy (non-hydrogen) atoms. The molecule has 0 spiro atoms. The topological polar surface area (TPSA) is 85.2 Å². The molecule has 1 amide bonds. The average Bonchev–Trinajstić information content (AvgIpc) is 3.20. The number of amides is 1. The van der Waals surface area contributed by atoms with E-state index < -0.39 is 9.84 Å². The summed E-state index contributed by atoms with van der Waals surface area (Å²) in [6.45, 7) is 1.15. The maximum absolute atomic E-state index is 12.4. The van der Waals surface area contributed by atoms with Gasteiger partial charge in [0.2, 0.25) is 5.91 Å². The van der Waals surface area contributed by atoms with Gasteiger partial charge in [-0.25, -0.2) is 18.1 Å². The van der Waals surface area contributed by atoms with Gasteiger partial charge in [0.25, 0.3) is 0 Å². The standard InChI is InChI=1S/C14H22N4O3S/c19-14(9-22(20,21)13-5-1-2-6-13)17-7-3-4-12(8-17)18-11-15-10-16-18/h10-13H,1-9H2/t12-/m0/s1. The summed E-state index contributed by atoms with van der Waals surface area (Å²) in [6.07, 6.45) is 8.24. The smallest absolute Gasteiger partial charge is 0.237 e. The average molecular weight is 326 g/mol. The Bertz CT molecular complexity index is 608. The van der Waals surface area contributed by atoms with Crippen molar-refractivity contribution < 1.29 is 13.2 Å². The van der Waals surface area contributed by atoms with Crippen LogP contribution >= 0.6 is 0 Å². The van der Waals surface area contributed by atoms with Crippen LogP contribution in [0.5, 0.6) is 0 Å². The third-order valence-electron chi connectivity index (χ3n) is 4.69. The lowest BCUT2D eigenvalue weighted by Crippen LogP contribution is -2.44. The second kappa shape index (κ2) is 6.36. The Balaban J connectivity index is 1.62. The highest BCUT2D eigenvalue weighted by molar-refractivity contribution is 7.92. The molecule has 1 saturated heterocycles. The third-order valence-corrected chi connectivity index (χ3v) is 6.83. The van der Waals surface area contributed by atoms with Crippen molar-refractivity contribution in [3.8, 4) is 0 Å². The van der Waals surface area contributed by atoms with Gasteiger partial charge in [-0.2, -0.15) is 5.10 Å². The molecular weight excluding hydrogens is 304 g/mol. The molecule has 2 fully saturated rings. The quantitative estimate of drug-likeness (QED) is 0.817. The molecule has 3 rings (SSSR count). The van der Waals surface area contributed by atoms with Crippen molar-refractivity contribution in [3.63, 3.8) is 0 Å². The van der Waals surface area contributed by atoms with Crippen LogP contribution in [0.25, 0.3) is 0 Å². The zero-order valence-electron chi connectivity index (χ0n) is 12.6. The van der Waals surface area contributed by atoms with Crippen molar-refractivity contribution in [3.05, 3.63) is 12.7 Å². The van der Waals surface area contributed by atoms with Gasteiger partial charge in [-0.1, -0.05) is 12.8 Å². The minimum atomic E-state index is -3.31. The van der Waals surface area contributed by atoms with Crippen molar-refractivity contribution in [1.29, 1.82) is 0 Å². The van der Waals surface area contributed by atoms with Crippen LogP contribution in [0.4, 0.5) is 0 Å². The van der Waals surface area contributed by atoms with Gasteiger partial charge >= 0.3 is 0 Å². The molecule has 1 aromatic heterocycles. The SMILES string of the molecule is O=C(CS(=O)(=O)C1CCCC1)N1CCC[C@H](n2cncn2)C1. The summed E-state index contributed by atoms with van der Waals surface area (Å²) in [6, 6.07) is 0.0920. The summed E-state index contributed by atoms with van der Waals surface area (Å²) in [5.74, 6) is -0.612. The lowest BCUT2D eigenvalue weighted by molar-refractivity contribution is -0.130. The molecule has 8 heteroatoms. The van der Waals surface area contributed by atoms with E-state index in [4.69, 9.17) is 0 Å². The number of hydrogen-bond donors (Lipinski definition) is 0. The third kappa shape index (κ3) is 3.31. The minimum absolute atomic E-state index is 0.0920. The molecule has 7 nitrogen and oxygen atoms in total. The first-order valence-corrected chi connectivity index (χ1v) is 9.61. The normalized spacial score (nSPS) is 23.8. The molecule has 2 aliphatic rings. The van der Waals surface area contributed by atoms with Gasteiger partial charge in [0, 0.05) is 13.1 Å². The Morgan fingerprint density at radius 1 is 1.18 bits per heavy atom. The molecule has 2 heterocycles. The van der Waals surface area contributed by atoms with Crippen molar-refractivity contribution in [2.45, 2.75) is 49.8 Å². The number of rotatable bonds is 4. The van der Waals surface area contributed by atoms with Gasteiger partial charge in [-0.05, 0) is 25.7 Å². The van der Waals surface area contributed by atoms with Gasteiger partial charge in [-0.3, -0.25) is 4.79 Å². The highest BCUT2D eigenvalue weighted by atomic mass is 32.2. The molecule has 1 atom stereocenters. The Hall–Kier alpha value is -1.44. The van der Waals surface area contributed by atoms with E-state index in [1.807, 2.05) is 0 Å². The number of sulfone groups is 1. The molecule has 0 bridgehead atoms. The number of carbonyl (C=O) groups excluding carboxylic acids is 1. The van der Waals surface area contributed by atoms with E-state index in [2.05, 4.69) is 10.1 Å². The summed E-state index contributed by atoms with van der Waals surface area (Å²) in [4.78, 5) is 18.0. The predicted octanol–water partition coefficient (Wildman–Crippen LogP) is 0.799. The fourth-order valence-corrected chi connectivity index (χ4v) is 5.25. The van der Waals surface area contributed by atoms with E-state index in [0.29, 0.717) is 25.9 Å². The van der Waals surface area contributed by atoms with Crippen LogP contribution < -0.4 is 0 Å². The first-order chi connectivity index (χ1) is 10.6. The second-order valence-electron chi connectivity index (χ2n) is 6.22. The number of aromatic nitrogens is 3. The lowest BCUT2D eigenvalue weighted by atomic mass is 10.1. The summed E-state index contributed by atoms with van der Waals surface area (Å²) >= 11 is 0. The van der Waals surface area contributed by atoms with Gasteiger partial charge in [0.1, 0.15) is 18.4 Å². The number of hydrogen-bond acceptors (Lipinski definition) is 5. The lowest BCUT2D eigenvalue weighted by Gasteiger charge is -2.32. The Kier molecular flexibility index (Phi) is 4.46. The molecule has 0 aromatic carbocycles. The van der Waals surface area contributed by atoms with E-state index >= 15 is 0 Å². The maximum atomic E-state index is 12.4. The Morgan fingerprint density at radius 3 is 2.64 bits per heavy atom.